The number of nitrogens with zero attached hydrogens (tertiary/aromatic N) is 1. The zero-order valence-electron chi connectivity index (χ0n) is 12.5. The van der Waals surface area contributed by atoms with Gasteiger partial charge in [-0.3, -0.25) is 4.99 Å². The molecule has 110 valence electrons. The number of guanidine groups is 1. The molecule has 0 atom stereocenters. The molecular formula is C16H25N3O. The summed E-state index contributed by atoms with van der Waals surface area (Å²) in [5.41, 5.74) is 1.19. The first-order valence-corrected chi connectivity index (χ1v) is 7.42. The SMILES string of the molecule is CN=C(NCc1cccc(OC)c1)NC1CCCCC1. The van der Waals surface area contributed by atoms with E-state index in [4.69, 9.17) is 4.74 Å². The fourth-order valence-electron chi connectivity index (χ4n) is 2.60. The highest BCUT2D eigenvalue weighted by Gasteiger charge is 2.14. The van der Waals surface area contributed by atoms with Crippen molar-refractivity contribution in [2.45, 2.75) is 44.7 Å². The maximum atomic E-state index is 5.24. The lowest BCUT2D eigenvalue weighted by Crippen LogP contribution is -2.43. The van der Waals surface area contributed by atoms with Gasteiger partial charge >= 0.3 is 0 Å². The van der Waals surface area contributed by atoms with Crippen LogP contribution in [-0.2, 0) is 6.54 Å². The molecule has 1 aromatic rings. The highest BCUT2D eigenvalue weighted by atomic mass is 16.5. The third-order valence-electron chi connectivity index (χ3n) is 3.76. The van der Waals surface area contributed by atoms with E-state index in [-0.39, 0.29) is 0 Å². The van der Waals surface area contributed by atoms with Crippen LogP contribution in [0.25, 0.3) is 0 Å². The molecular weight excluding hydrogens is 250 g/mol. The monoisotopic (exact) mass is 275 g/mol. The van der Waals surface area contributed by atoms with Gasteiger partial charge in [-0.1, -0.05) is 31.4 Å². The fourth-order valence-corrected chi connectivity index (χ4v) is 2.60. The molecule has 0 bridgehead atoms. The molecule has 0 heterocycles. The Bertz CT molecular complexity index is 439. The second kappa shape index (κ2) is 7.78. The lowest BCUT2D eigenvalue weighted by atomic mass is 9.96. The summed E-state index contributed by atoms with van der Waals surface area (Å²) in [6, 6.07) is 8.66. The number of hydrogen-bond donors (Lipinski definition) is 2. The van der Waals surface area contributed by atoms with Crippen LogP contribution >= 0.6 is 0 Å². The van der Waals surface area contributed by atoms with Crippen LogP contribution in [0.4, 0.5) is 0 Å². The first kappa shape index (κ1) is 14.7. The lowest BCUT2D eigenvalue weighted by Gasteiger charge is -2.24. The van der Waals surface area contributed by atoms with Crippen LogP contribution in [0, 0.1) is 0 Å². The van der Waals surface area contributed by atoms with Gasteiger partial charge in [0, 0.05) is 19.6 Å². The van der Waals surface area contributed by atoms with Crippen LogP contribution in [0.15, 0.2) is 29.3 Å². The molecule has 2 N–H and O–H groups in total. The number of hydrogen-bond acceptors (Lipinski definition) is 2. The smallest absolute Gasteiger partial charge is 0.191 e. The van der Waals surface area contributed by atoms with Crippen molar-refractivity contribution in [3.8, 4) is 5.75 Å². The van der Waals surface area contributed by atoms with E-state index in [1.807, 2.05) is 25.2 Å². The molecule has 0 amide bonds. The van der Waals surface area contributed by atoms with Gasteiger partial charge in [-0.2, -0.15) is 0 Å². The molecule has 4 nitrogen and oxygen atoms in total. The minimum atomic E-state index is 0.570. The number of nitrogens with one attached hydrogen (secondary N) is 2. The normalized spacial score (nSPS) is 16.8. The van der Waals surface area contributed by atoms with Crippen molar-refractivity contribution >= 4 is 5.96 Å². The van der Waals surface area contributed by atoms with Crippen molar-refractivity contribution in [2.24, 2.45) is 4.99 Å². The van der Waals surface area contributed by atoms with Crippen LogP contribution in [0.3, 0.4) is 0 Å². The van der Waals surface area contributed by atoms with Gasteiger partial charge in [-0.15, -0.1) is 0 Å². The molecule has 1 aliphatic rings. The molecule has 1 fully saturated rings. The highest BCUT2D eigenvalue weighted by Crippen LogP contribution is 2.17. The van der Waals surface area contributed by atoms with E-state index in [0.29, 0.717) is 6.04 Å². The summed E-state index contributed by atoms with van der Waals surface area (Å²) in [4.78, 5) is 4.30. The van der Waals surface area contributed by atoms with Crippen LogP contribution < -0.4 is 15.4 Å². The van der Waals surface area contributed by atoms with Crippen LogP contribution in [0.2, 0.25) is 0 Å². The van der Waals surface area contributed by atoms with Gasteiger partial charge in [-0.05, 0) is 30.5 Å². The van der Waals surface area contributed by atoms with E-state index in [9.17, 15) is 0 Å². The molecule has 20 heavy (non-hydrogen) atoms. The molecule has 4 heteroatoms. The van der Waals surface area contributed by atoms with Gasteiger partial charge in [-0.25, -0.2) is 0 Å². The predicted molar refractivity (Wildman–Crippen MR) is 83.2 cm³/mol. The summed E-state index contributed by atoms with van der Waals surface area (Å²) >= 11 is 0. The topological polar surface area (TPSA) is 45.7 Å². The molecule has 0 spiro atoms. The van der Waals surface area contributed by atoms with Gasteiger partial charge in [0.05, 0.1) is 7.11 Å². The number of aliphatic imine (C=N–C) groups is 1. The molecule has 0 radical (unpaired) electrons. The molecule has 0 aliphatic heterocycles. The van der Waals surface area contributed by atoms with Gasteiger partial charge in [0.1, 0.15) is 5.75 Å². The zero-order valence-corrected chi connectivity index (χ0v) is 12.5. The number of rotatable bonds is 4. The van der Waals surface area contributed by atoms with E-state index < -0.39 is 0 Å². The molecule has 0 unspecified atom stereocenters. The fraction of sp³-hybridized carbons (Fsp3) is 0.562. The van der Waals surface area contributed by atoms with Gasteiger partial charge in [0.25, 0.3) is 0 Å². The predicted octanol–water partition coefficient (Wildman–Crippen LogP) is 2.69. The van der Waals surface area contributed by atoms with Gasteiger partial charge in [0.2, 0.25) is 0 Å². The van der Waals surface area contributed by atoms with E-state index in [1.165, 1.54) is 37.7 Å². The Hall–Kier alpha value is -1.71. The zero-order chi connectivity index (χ0) is 14.2. The number of benzene rings is 1. The summed E-state index contributed by atoms with van der Waals surface area (Å²) < 4.78 is 5.24. The summed E-state index contributed by atoms with van der Waals surface area (Å²) in [7, 11) is 3.51. The average molecular weight is 275 g/mol. The van der Waals surface area contributed by atoms with E-state index in [0.717, 1.165) is 18.3 Å². The van der Waals surface area contributed by atoms with Gasteiger partial charge < -0.3 is 15.4 Å². The molecule has 2 rings (SSSR count). The third kappa shape index (κ3) is 4.44. The summed E-state index contributed by atoms with van der Waals surface area (Å²) in [5.74, 6) is 1.78. The van der Waals surface area contributed by atoms with Crippen LogP contribution in [0.1, 0.15) is 37.7 Å². The summed E-state index contributed by atoms with van der Waals surface area (Å²) in [6.45, 7) is 0.754. The Morgan fingerprint density at radius 1 is 1.30 bits per heavy atom. The molecule has 0 saturated heterocycles. The largest absolute Gasteiger partial charge is 0.497 e. The van der Waals surface area contributed by atoms with Crippen molar-refractivity contribution in [1.82, 2.24) is 10.6 Å². The second-order valence-corrected chi connectivity index (χ2v) is 5.26. The summed E-state index contributed by atoms with van der Waals surface area (Å²) in [6.07, 6.45) is 6.52. The maximum absolute atomic E-state index is 5.24. The molecule has 1 aromatic carbocycles. The van der Waals surface area contributed by atoms with Crippen LogP contribution in [-0.4, -0.2) is 26.2 Å². The molecule has 1 aliphatic carbocycles. The lowest BCUT2D eigenvalue weighted by molar-refractivity contribution is 0.409. The van der Waals surface area contributed by atoms with Crippen molar-refractivity contribution in [3.63, 3.8) is 0 Å². The molecule has 0 aromatic heterocycles. The van der Waals surface area contributed by atoms with E-state index >= 15 is 0 Å². The quantitative estimate of drug-likeness (QED) is 0.656. The first-order chi connectivity index (χ1) is 9.81. The number of ether oxygens (including phenoxy) is 1. The number of methoxy groups -OCH3 is 1. The molecule has 1 saturated carbocycles. The van der Waals surface area contributed by atoms with Crippen molar-refractivity contribution < 1.29 is 4.74 Å². The Labute approximate surface area is 121 Å². The van der Waals surface area contributed by atoms with Crippen molar-refractivity contribution in [3.05, 3.63) is 29.8 Å². The van der Waals surface area contributed by atoms with E-state index in [2.05, 4.69) is 21.7 Å². The van der Waals surface area contributed by atoms with Crippen molar-refractivity contribution in [2.75, 3.05) is 14.2 Å². The Balaban J connectivity index is 1.83. The highest BCUT2D eigenvalue weighted by molar-refractivity contribution is 5.79. The maximum Gasteiger partial charge on any atom is 0.191 e. The summed E-state index contributed by atoms with van der Waals surface area (Å²) in [5, 5.41) is 6.88. The third-order valence-corrected chi connectivity index (χ3v) is 3.76. The standard InChI is InChI=1S/C16H25N3O/c1-17-16(19-14-8-4-3-5-9-14)18-12-13-7-6-10-15(11-13)20-2/h6-7,10-11,14H,3-5,8-9,12H2,1-2H3,(H2,17,18,19). The minimum Gasteiger partial charge on any atom is -0.497 e. The second-order valence-electron chi connectivity index (χ2n) is 5.26. The Morgan fingerprint density at radius 2 is 2.10 bits per heavy atom. The van der Waals surface area contributed by atoms with Crippen LogP contribution in [0.5, 0.6) is 5.75 Å². The van der Waals surface area contributed by atoms with Gasteiger partial charge in [0.15, 0.2) is 5.96 Å². The van der Waals surface area contributed by atoms with Crippen molar-refractivity contribution in [1.29, 1.82) is 0 Å². The average Bonchev–Trinajstić information content (AvgIpc) is 2.52. The Morgan fingerprint density at radius 3 is 2.80 bits per heavy atom. The minimum absolute atomic E-state index is 0.570. The first-order valence-electron chi connectivity index (χ1n) is 7.42. The van der Waals surface area contributed by atoms with E-state index in [1.54, 1.807) is 7.11 Å². The Kier molecular flexibility index (Phi) is 5.71.